The highest BCUT2D eigenvalue weighted by Gasteiger charge is 2.30. The first kappa shape index (κ1) is 18.3. The molecule has 1 aliphatic heterocycles. The molecule has 1 atom stereocenters. The summed E-state index contributed by atoms with van der Waals surface area (Å²) in [5.74, 6) is 0.880. The number of fused-ring (bicyclic) bond motifs is 1. The van der Waals surface area contributed by atoms with Crippen LogP contribution >= 0.6 is 0 Å². The Bertz CT molecular complexity index is 1020. The quantitative estimate of drug-likeness (QED) is 0.704. The number of carbonyl (C=O) groups excluding carboxylic acids is 1. The SMILES string of the molecule is C[C@@H]1CNCCN1Cc1ccc(-c2cccn3nc(NC(=O)C4CC4)cc23)cc1. The molecule has 1 aliphatic carbocycles. The Morgan fingerprint density at radius 1 is 1.24 bits per heavy atom. The standard InChI is InChI=1S/C23H27N5O/c1-16-14-24-10-12-27(16)15-17-4-6-18(7-5-17)20-3-2-11-28-21(20)13-22(26-28)25-23(29)19-8-9-19/h2-7,11,13,16,19,24H,8-10,12,14-15H2,1H3,(H,25,26,29)/t16-/m1/s1. The lowest BCUT2D eigenvalue weighted by Crippen LogP contribution is -2.49. The molecule has 29 heavy (non-hydrogen) atoms. The minimum absolute atomic E-state index is 0.0847. The van der Waals surface area contributed by atoms with Gasteiger partial charge in [-0.05, 0) is 37.0 Å². The van der Waals surface area contributed by atoms with E-state index in [0.717, 1.165) is 55.7 Å². The Kier molecular flexibility index (Phi) is 4.81. The molecule has 0 bridgehead atoms. The lowest BCUT2D eigenvalue weighted by molar-refractivity contribution is -0.117. The maximum atomic E-state index is 12.1. The number of hydrogen-bond donors (Lipinski definition) is 2. The molecule has 1 amide bonds. The van der Waals surface area contributed by atoms with Crippen molar-refractivity contribution in [3.05, 3.63) is 54.2 Å². The Morgan fingerprint density at radius 3 is 2.83 bits per heavy atom. The number of rotatable bonds is 5. The number of anilines is 1. The van der Waals surface area contributed by atoms with Gasteiger partial charge in [0.25, 0.3) is 0 Å². The van der Waals surface area contributed by atoms with Crippen molar-refractivity contribution >= 4 is 17.2 Å². The van der Waals surface area contributed by atoms with Gasteiger partial charge < -0.3 is 10.6 Å². The van der Waals surface area contributed by atoms with Crippen molar-refractivity contribution in [1.29, 1.82) is 0 Å². The molecule has 1 saturated heterocycles. The monoisotopic (exact) mass is 389 g/mol. The third kappa shape index (κ3) is 3.91. The van der Waals surface area contributed by atoms with Crippen LogP contribution in [0.1, 0.15) is 25.3 Å². The van der Waals surface area contributed by atoms with Crippen LogP contribution in [0.15, 0.2) is 48.7 Å². The number of nitrogens with zero attached hydrogens (tertiary/aromatic N) is 3. The Hall–Kier alpha value is -2.70. The summed E-state index contributed by atoms with van der Waals surface area (Å²) >= 11 is 0. The molecule has 6 heteroatoms. The molecule has 0 radical (unpaired) electrons. The minimum Gasteiger partial charge on any atom is -0.314 e. The van der Waals surface area contributed by atoms with Crippen LogP contribution in [0.2, 0.25) is 0 Å². The maximum Gasteiger partial charge on any atom is 0.228 e. The van der Waals surface area contributed by atoms with E-state index in [0.29, 0.717) is 11.9 Å². The summed E-state index contributed by atoms with van der Waals surface area (Å²) in [6, 6.07) is 15.5. The molecule has 6 nitrogen and oxygen atoms in total. The van der Waals surface area contributed by atoms with Crippen LogP contribution in [0.3, 0.4) is 0 Å². The average Bonchev–Trinajstić information content (AvgIpc) is 3.50. The van der Waals surface area contributed by atoms with E-state index < -0.39 is 0 Å². The third-order valence-corrected chi connectivity index (χ3v) is 5.99. The van der Waals surface area contributed by atoms with Gasteiger partial charge >= 0.3 is 0 Å². The van der Waals surface area contributed by atoms with Crippen LogP contribution < -0.4 is 10.6 Å². The van der Waals surface area contributed by atoms with Crippen molar-refractivity contribution in [2.75, 3.05) is 25.0 Å². The Morgan fingerprint density at radius 2 is 2.07 bits per heavy atom. The molecule has 2 fully saturated rings. The fourth-order valence-corrected chi connectivity index (χ4v) is 4.04. The van der Waals surface area contributed by atoms with Crippen LogP contribution in [0.5, 0.6) is 0 Å². The van der Waals surface area contributed by atoms with Gasteiger partial charge in [-0.3, -0.25) is 9.69 Å². The number of carbonyl (C=O) groups is 1. The van der Waals surface area contributed by atoms with Gasteiger partial charge in [0.1, 0.15) is 0 Å². The van der Waals surface area contributed by atoms with Gasteiger partial charge in [-0.15, -0.1) is 0 Å². The fourth-order valence-electron chi connectivity index (χ4n) is 4.04. The highest BCUT2D eigenvalue weighted by Crippen LogP contribution is 2.31. The summed E-state index contributed by atoms with van der Waals surface area (Å²) in [5, 5.41) is 10.9. The second-order valence-corrected chi connectivity index (χ2v) is 8.27. The Balaban J connectivity index is 1.37. The predicted molar refractivity (Wildman–Crippen MR) is 115 cm³/mol. The lowest BCUT2D eigenvalue weighted by atomic mass is 10.0. The molecule has 3 heterocycles. The topological polar surface area (TPSA) is 61.7 Å². The Labute approximate surface area is 170 Å². The second-order valence-electron chi connectivity index (χ2n) is 8.27. The molecule has 2 aromatic heterocycles. The highest BCUT2D eigenvalue weighted by atomic mass is 16.2. The van der Waals surface area contributed by atoms with E-state index in [1.807, 2.05) is 22.8 Å². The molecule has 150 valence electrons. The van der Waals surface area contributed by atoms with Crippen LogP contribution in [-0.2, 0) is 11.3 Å². The molecule has 5 rings (SSSR count). The zero-order valence-corrected chi connectivity index (χ0v) is 16.8. The predicted octanol–water partition coefficient (Wildman–Crippen LogP) is 3.14. The van der Waals surface area contributed by atoms with Gasteiger partial charge in [0.2, 0.25) is 5.91 Å². The van der Waals surface area contributed by atoms with Crippen LogP contribution in [0.4, 0.5) is 5.82 Å². The van der Waals surface area contributed by atoms with Crippen LogP contribution in [0, 0.1) is 5.92 Å². The van der Waals surface area contributed by atoms with Crippen molar-refractivity contribution in [2.24, 2.45) is 5.92 Å². The van der Waals surface area contributed by atoms with Crippen molar-refractivity contribution < 1.29 is 4.79 Å². The van der Waals surface area contributed by atoms with E-state index in [1.165, 1.54) is 5.56 Å². The van der Waals surface area contributed by atoms with Gasteiger partial charge in [0.05, 0.1) is 5.52 Å². The fraction of sp³-hybridized carbons (Fsp3) is 0.391. The van der Waals surface area contributed by atoms with Crippen molar-refractivity contribution in [2.45, 2.75) is 32.4 Å². The number of amides is 1. The summed E-state index contributed by atoms with van der Waals surface area (Å²) in [4.78, 5) is 14.6. The summed E-state index contributed by atoms with van der Waals surface area (Å²) in [6.07, 6.45) is 3.90. The second kappa shape index (κ2) is 7.61. The zero-order chi connectivity index (χ0) is 19.8. The van der Waals surface area contributed by atoms with Crippen LogP contribution in [-0.4, -0.2) is 46.1 Å². The van der Waals surface area contributed by atoms with Gasteiger partial charge in [-0.2, -0.15) is 5.10 Å². The average molecular weight is 390 g/mol. The molecular formula is C23H27N5O. The molecule has 0 spiro atoms. The largest absolute Gasteiger partial charge is 0.314 e. The molecule has 1 saturated carbocycles. The zero-order valence-electron chi connectivity index (χ0n) is 16.8. The molecule has 0 unspecified atom stereocenters. The van der Waals surface area contributed by atoms with Crippen LogP contribution in [0.25, 0.3) is 16.6 Å². The maximum absolute atomic E-state index is 12.1. The highest BCUT2D eigenvalue weighted by molar-refractivity contribution is 5.94. The number of piperazine rings is 1. The summed E-state index contributed by atoms with van der Waals surface area (Å²) in [7, 11) is 0. The molecule has 1 aromatic carbocycles. The number of hydrogen-bond acceptors (Lipinski definition) is 4. The first-order valence-corrected chi connectivity index (χ1v) is 10.5. The van der Waals surface area contributed by atoms with E-state index in [2.05, 4.69) is 57.9 Å². The van der Waals surface area contributed by atoms with E-state index in [1.54, 1.807) is 0 Å². The van der Waals surface area contributed by atoms with Crippen molar-refractivity contribution in [3.8, 4) is 11.1 Å². The van der Waals surface area contributed by atoms with Gasteiger partial charge in [-0.25, -0.2) is 4.52 Å². The smallest absolute Gasteiger partial charge is 0.228 e. The van der Waals surface area contributed by atoms with E-state index in [4.69, 9.17) is 0 Å². The molecule has 3 aromatic rings. The number of pyridine rings is 1. The molecule has 2 N–H and O–H groups in total. The lowest BCUT2D eigenvalue weighted by Gasteiger charge is -2.33. The number of aromatic nitrogens is 2. The first-order chi connectivity index (χ1) is 14.2. The van der Waals surface area contributed by atoms with E-state index >= 15 is 0 Å². The van der Waals surface area contributed by atoms with E-state index in [-0.39, 0.29) is 11.8 Å². The van der Waals surface area contributed by atoms with E-state index in [9.17, 15) is 4.79 Å². The van der Waals surface area contributed by atoms with Gasteiger partial charge in [0, 0.05) is 56.0 Å². The normalized spacial score (nSPS) is 20.1. The van der Waals surface area contributed by atoms with Gasteiger partial charge in [0.15, 0.2) is 5.82 Å². The summed E-state index contributed by atoms with van der Waals surface area (Å²) in [6.45, 7) is 6.47. The summed E-state index contributed by atoms with van der Waals surface area (Å²) in [5.41, 5.74) is 4.61. The third-order valence-electron chi connectivity index (χ3n) is 5.99. The number of nitrogens with one attached hydrogen (secondary N) is 2. The van der Waals surface area contributed by atoms with Gasteiger partial charge in [-0.1, -0.05) is 30.3 Å². The van der Waals surface area contributed by atoms with Crippen molar-refractivity contribution in [3.63, 3.8) is 0 Å². The van der Waals surface area contributed by atoms with Crippen molar-refractivity contribution in [1.82, 2.24) is 19.8 Å². The first-order valence-electron chi connectivity index (χ1n) is 10.5. The number of benzene rings is 1. The molecular weight excluding hydrogens is 362 g/mol. The summed E-state index contributed by atoms with van der Waals surface area (Å²) < 4.78 is 1.84. The minimum atomic E-state index is 0.0847. The molecule has 2 aliphatic rings.